The van der Waals surface area contributed by atoms with Crippen LogP contribution in [0.1, 0.15) is 23.2 Å². The van der Waals surface area contributed by atoms with Gasteiger partial charge in [-0.2, -0.15) is 0 Å². The van der Waals surface area contributed by atoms with Crippen molar-refractivity contribution in [1.29, 1.82) is 0 Å². The van der Waals surface area contributed by atoms with Crippen LogP contribution in [0.4, 0.5) is 5.69 Å². The van der Waals surface area contributed by atoms with Crippen LogP contribution in [-0.2, 0) is 4.79 Å². The molecule has 1 atom stereocenters. The number of rotatable bonds is 2. The third-order valence-corrected chi connectivity index (χ3v) is 3.27. The molecule has 0 aromatic heterocycles. The Hall–Kier alpha value is -1.88. The Labute approximate surface area is 105 Å². The fourth-order valence-electron chi connectivity index (χ4n) is 2.35. The second kappa shape index (κ2) is 4.42. The standard InChI is InChI=1S/C13H14N2O3/c16-12-7-18-11-4-3-8(6-10(11)15-12)13(17)9-2-1-5-14-9/h3-4,6,9,14H,1-2,5,7H2,(H,15,16). The lowest BCUT2D eigenvalue weighted by Crippen LogP contribution is -2.31. The van der Waals surface area contributed by atoms with E-state index >= 15 is 0 Å². The summed E-state index contributed by atoms with van der Waals surface area (Å²) in [5, 5.41) is 5.88. The average Bonchev–Trinajstić information content (AvgIpc) is 2.90. The molecule has 1 unspecified atom stereocenters. The highest BCUT2D eigenvalue weighted by atomic mass is 16.5. The van der Waals surface area contributed by atoms with Gasteiger partial charge < -0.3 is 15.4 Å². The number of hydrogen-bond acceptors (Lipinski definition) is 4. The van der Waals surface area contributed by atoms with Crippen LogP contribution >= 0.6 is 0 Å². The smallest absolute Gasteiger partial charge is 0.262 e. The Morgan fingerprint density at radius 3 is 3.06 bits per heavy atom. The molecule has 0 spiro atoms. The fourth-order valence-corrected chi connectivity index (χ4v) is 2.35. The molecule has 5 nitrogen and oxygen atoms in total. The molecule has 1 amide bonds. The molecule has 1 aromatic rings. The minimum atomic E-state index is -0.189. The van der Waals surface area contributed by atoms with Gasteiger partial charge in [0.2, 0.25) is 0 Å². The fraction of sp³-hybridized carbons (Fsp3) is 0.385. The molecule has 3 rings (SSSR count). The highest BCUT2D eigenvalue weighted by molar-refractivity contribution is 6.03. The minimum Gasteiger partial charge on any atom is -0.482 e. The van der Waals surface area contributed by atoms with Gasteiger partial charge in [0, 0.05) is 5.56 Å². The van der Waals surface area contributed by atoms with E-state index in [-0.39, 0.29) is 24.3 Å². The largest absolute Gasteiger partial charge is 0.482 e. The number of ether oxygens (including phenoxy) is 1. The molecular weight excluding hydrogens is 232 g/mol. The molecule has 2 N–H and O–H groups in total. The molecule has 2 aliphatic rings. The van der Waals surface area contributed by atoms with Gasteiger partial charge in [-0.3, -0.25) is 9.59 Å². The molecule has 0 saturated carbocycles. The van der Waals surface area contributed by atoms with Gasteiger partial charge in [-0.15, -0.1) is 0 Å². The maximum absolute atomic E-state index is 12.2. The maximum Gasteiger partial charge on any atom is 0.262 e. The summed E-state index contributed by atoms with van der Waals surface area (Å²) < 4.78 is 5.26. The number of amides is 1. The first kappa shape index (κ1) is 11.2. The van der Waals surface area contributed by atoms with Crippen molar-refractivity contribution in [2.24, 2.45) is 0 Å². The molecule has 1 fully saturated rings. The van der Waals surface area contributed by atoms with Crippen molar-refractivity contribution in [1.82, 2.24) is 5.32 Å². The summed E-state index contributed by atoms with van der Waals surface area (Å²) in [7, 11) is 0. The average molecular weight is 246 g/mol. The SMILES string of the molecule is O=C1COc2ccc(C(=O)C3CCCN3)cc2N1. The Kier molecular flexibility index (Phi) is 2.76. The number of anilines is 1. The summed E-state index contributed by atoms with van der Waals surface area (Å²) in [4.78, 5) is 23.4. The van der Waals surface area contributed by atoms with Crippen molar-refractivity contribution in [3.8, 4) is 5.75 Å². The van der Waals surface area contributed by atoms with Crippen molar-refractivity contribution in [3.63, 3.8) is 0 Å². The van der Waals surface area contributed by atoms with Crippen molar-refractivity contribution in [3.05, 3.63) is 23.8 Å². The summed E-state index contributed by atoms with van der Waals surface area (Å²) in [5.74, 6) is 0.506. The highest BCUT2D eigenvalue weighted by Gasteiger charge is 2.25. The van der Waals surface area contributed by atoms with Crippen molar-refractivity contribution < 1.29 is 14.3 Å². The number of nitrogens with one attached hydrogen (secondary N) is 2. The Morgan fingerprint density at radius 2 is 2.28 bits per heavy atom. The third kappa shape index (κ3) is 1.97. The summed E-state index contributed by atoms with van der Waals surface area (Å²) in [6, 6.07) is 5.08. The quantitative estimate of drug-likeness (QED) is 0.762. The van der Waals surface area contributed by atoms with E-state index in [1.54, 1.807) is 18.2 Å². The van der Waals surface area contributed by atoms with Crippen LogP contribution in [0.2, 0.25) is 0 Å². The van der Waals surface area contributed by atoms with Crippen LogP contribution in [0.15, 0.2) is 18.2 Å². The molecule has 1 saturated heterocycles. The number of carbonyl (C=O) groups is 2. The summed E-state index contributed by atoms with van der Waals surface area (Å²) in [6.45, 7) is 0.922. The Morgan fingerprint density at radius 1 is 1.39 bits per heavy atom. The molecule has 2 heterocycles. The van der Waals surface area contributed by atoms with Gasteiger partial charge in [0.1, 0.15) is 5.75 Å². The molecule has 0 radical (unpaired) electrons. The zero-order chi connectivity index (χ0) is 12.5. The second-order valence-corrected chi connectivity index (χ2v) is 4.56. The normalized spacial score (nSPS) is 22.0. The monoisotopic (exact) mass is 246 g/mol. The molecule has 18 heavy (non-hydrogen) atoms. The zero-order valence-electron chi connectivity index (χ0n) is 9.86. The summed E-state index contributed by atoms with van der Waals surface area (Å²) in [5.41, 5.74) is 1.19. The van der Waals surface area contributed by atoms with Gasteiger partial charge in [0.05, 0.1) is 11.7 Å². The second-order valence-electron chi connectivity index (χ2n) is 4.56. The number of fused-ring (bicyclic) bond motifs is 1. The first-order valence-corrected chi connectivity index (χ1v) is 6.08. The van der Waals surface area contributed by atoms with Crippen molar-refractivity contribution in [2.75, 3.05) is 18.5 Å². The molecule has 0 bridgehead atoms. The molecule has 1 aromatic carbocycles. The van der Waals surface area contributed by atoms with Crippen LogP contribution in [0.3, 0.4) is 0 Å². The predicted octanol–water partition coefficient (Wildman–Crippen LogP) is 0.952. The maximum atomic E-state index is 12.2. The van der Waals surface area contributed by atoms with Crippen LogP contribution in [-0.4, -0.2) is 30.9 Å². The first-order valence-electron chi connectivity index (χ1n) is 6.08. The number of Topliss-reactive ketones (excluding diaryl/α,β-unsaturated/α-hetero) is 1. The highest BCUT2D eigenvalue weighted by Crippen LogP contribution is 2.29. The van der Waals surface area contributed by atoms with E-state index in [1.165, 1.54) is 0 Å². The lowest BCUT2D eigenvalue weighted by molar-refractivity contribution is -0.118. The van der Waals surface area contributed by atoms with Crippen LogP contribution in [0, 0.1) is 0 Å². The topological polar surface area (TPSA) is 67.4 Å². The predicted molar refractivity (Wildman–Crippen MR) is 65.9 cm³/mol. The summed E-state index contributed by atoms with van der Waals surface area (Å²) in [6.07, 6.45) is 1.90. The van der Waals surface area contributed by atoms with Gasteiger partial charge in [-0.05, 0) is 37.6 Å². The van der Waals surface area contributed by atoms with Gasteiger partial charge in [0.15, 0.2) is 12.4 Å². The van der Waals surface area contributed by atoms with Crippen LogP contribution in [0.25, 0.3) is 0 Å². The number of benzene rings is 1. The Balaban J connectivity index is 1.87. The first-order chi connectivity index (χ1) is 8.74. The third-order valence-electron chi connectivity index (χ3n) is 3.27. The summed E-state index contributed by atoms with van der Waals surface area (Å²) >= 11 is 0. The molecule has 94 valence electrons. The van der Waals surface area contributed by atoms with Crippen LogP contribution in [0.5, 0.6) is 5.75 Å². The zero-order valence-corrected chi connectivity index (χ0v) is 9.86. The van der Waals surface area contributed by atoms with E-state index in [1.807, 2.05) is 0 Å². The van der Waals surface area contributed by atoms with Gasteiger partial charge in [-0.1, -0.05) is 0 Å². The number of hydrogen-bond donors (Lipinski definition) is 2. The Bertz CT molecular complexity index is 507. The number of carbonyl (C=O) groups excluding carboxylic acids is 2. The van der Waals surface area contributed by atoms with E-state index in [2.05, 4.69) is 10.6 Å². The molecule has 2 aliphatic heterocycles. The number of ketones is 1. The van der Waals surface area contributed by atoms with Gasteiger partial charge in [0.25, 0.3) is 5.91 Å². The van der Waals surface area contributed by atoms with E-state index in [9.17, 15) is 9.59 Å². The van der Waals surface area contributed by atoms with Crippen molar-refractivity contribution in [2.45, 2.75) is 18.9 Å². The van der Waals surface area contributed by atoms with Gasteiger partial charge >= 0.3 is 0 Å². The van der Waals surface area contributed by atoms with E-state index in [4.69, 9.17) is 4.74 Å². The van der Waals surface area contributed by atoms with Crippen LogP contribution < -0.4 is 15.4 Å². The van der Waals surface area contributed by atoms with Gasteiger partial charge in [-0.25, -0.2) is 0 Å². The van der Waals surface area contributed by atoms with E-state index < -0.39 is 0 Å². The van der Waals surface area contributed by atoms with E-state index in [0.717, 1.165) is 19.4 Å². The van der Waals surface area contributed by atoms with Crippen molar-refractivity contribution >= 4 is 17.4 Å². The van der Waals surface area contributed by atoms with E-state index in [0.29, 0.717) is 17.0 Å². The molecule has 0 aliphatic carbocycles. The molecular formula is C13H14N2O3. The lowest BCUT2D eigenvalue weighted by atomic mass is 10.0. The lowest BCUT2D eigenvalue weighted by Gasteiger charge is -2.19. The molecule has 5 heteroatoms. The minimum absolute atomic E-state index is 0.0322.